The van der Waals surface area contributed by atoms with Gasteiger partial charge < -0.3 is 19.8 Å². The van der Waals surface area contributed by atoms with Crippen LogP contribution >= 0.6 is 0 Å². The van der Waals surface area contributed by atoms with Gasteiger partial charge in [-0.3, -0.25) is 9.59 Å². The number of amides is 1. The van der Waals surface area contributed by atoms with Crippen LogP contribution in [0.5, 0.6) is 0 Å². The van der Waals surface area contributed by atoms with E-state index in [1.807, 2.05) is 31.2 Å². The van der Waals surface area contributed by atoms with Crippen LogP contribution in [0.3, 0.4) is 0 Å². The molecule has 6 nitrogen and oxygen atoms in total. The lowest BCUT2D eigenvalue weighted by atomic mass is 9.77. The molecule has 1 amide bonds. The number of hydrogen-bond donors (Lipinski definition) is 1. The van der Waals surface area contributed by atoms with E-state index < -0.39 is 11.4 Å². The maximum Gasteiger partial charge on any atom is 0.311 e. The highest BCUT2D eigenvalue weighted by Gasteiger charge is 2.42. The Balaban J connectivity index is 1.69. The van der Waals surface area contributed by atoms with Gasteiger partial charge in [0.1, 0.15) is 0 Å². The Morgan fingerprint density at radius 1 is 1.08 bits per heavy atom. The second-order valence-electron chi connectivity index (χ2n) is 7.61. The van der Waals surface area contributed by atoms with E-state index in [9.17, 15) is 14.7 Å². The Hall–Kier alpha value is -2.08. The molecule has 0 spiro atoms. The molecule has 2 fully saturated rings. The van der Waals surface area contributed by atoms with Crippen LogP contribution in [0.15, 0.2) is 24.3 Å². The SMILES string of the molecule is CC[C@@]1(C(=O)O)CCCN(C(=O)c2ccc(N3CCN(C)CC3)cc2)C1. The van der Waals surface area contributed by atoms with E-state index in [2.05, 4.69) is 16.8 Å². The largest absolute Gasteiger partial charge is 0.481 e. The Morgan fingerprint density at radius 3 is 2.31 bits per heavy atom. The summed E-state index contributed by atoms with van der Waals surface area (Å²) in [7, 11) is 2.13. The Bertz CT molecular complexity index is 653. The summed E-state index contributed by atoms with van der Waals surface area (Å²) in [5.74, 6) is -0.850. The van der Waals surface area contributed by atoms with Crippen molar-refractivity contribution in [2.75, 3.05) is 51.2 Å². The summed E-state index contributed by atoms with van der Waals surface area (Å²) in [5.41, 5.74) is 0.982. The molecule has 0 saturated carbocycles. The van der Waals surface area contributed by atoms with E-state index in [0.29, 0.717) is 31.5 Å². The van der Waals surface area contributed by atoms with Gasteiger partial charge in [-0.05, 0) is 50.6 Å². The van der Waals surface area contributed by atoms with Crippen LogP contribution < -0.4 is 4.90 Å². The van der Waals surface area contributed by atoms with Crippen LogP contribution in [0.25, 0.3) is 0 Å². The number of rotatable bonds is 4. The first-order chi connectivity index (χ1) is 12.4. The second-order valence-corrected chi connectivity index (χ2v) is 7.61. The van der Waals surface area contributed by atoms with Crippen LogP contribution in [0, 0.1) is 5.41 Å². The van der Waals surface area contributed by atoms with Crippen molar-refractivity contribution < 1.29 is 14.7 Å². The molecule has 1 atom stereocenters. The number of nitrogens with zero attached hydrogens (tertiary/aromatic N) is 3. The van der Waals surface area contributed by atoms with Gasteiger partial charge in [0.05, 0.1) is 5.41 Å². The van der Waals surface area contributed by atoms with E-state index in [-0.39, 0.29) is 5.91 Å². The molecule has 0 aromatic heterocycles. The molecule has 2 aliphatic heterocycles. The number of likely N-dealkylation sites (N-methyl/N-ethyl adjacent to an activating group) is 1. The molecule has 1 N–H and O–H groups in total. The molecule has 0 bridgehead atoms. The molecule has 2 heterocycles. The molecule has 0 aliphatic carbocycles. The van der Waals surface area contributed by atoms with Gasteiger partial charge >= 0.3 is 5.97 Å². The summed E-state index contributed by atoms with van der Waals surface area (Å²) in [4.78, 5) is 30.9. The van der Waals surface area contributed by atoms with Gasteiger partial charge in [0.25, 0.3) is 5.91 Å². The van der Waals surface area contributed by atoms with Crippen LogP contribution in [-0.4, -0.2) is 73.1 Å². The minimum absolute atomic E-state index is 0.0614. The molecule has 26 heavy (non-hydrogen) atoms. The highest BCUT2D eigenvalue weighted by atomic mass is 16.4. The number of carboxylic acids is 1. The zero-order valence-corrected chi connectivity index (χ0v) is 15.8. The zero-order valence-electron chi connectivity index (χ0n) is 15.8. The predicted molar refractivity (Wildman–Crippen MR) is 102 cm³/mol. The topological polar surface area (TPSA) is 64.1 Å². The first kappa shape index (κ1) is 18.7. The van der Waals surface area contributed by atoms with Crippen LogP contribution in [0.2, 0.25) is 0 Å². The second kappa shape index (κ2) is 7.66. The van der Waals surface area contributed by atoms with Crippen LogP contribution in [0.1, 0.15) is 36.5 Å². The van der Waals surface area contributed by atoms with Crippen molar-refractivity contribution in [1.29, 1.82) is 0 Å². The van der Waals surface area contributed by atoms with E-state index in [0.717, 1.165) is 38.3 Å². The van der Waals surface area contributed by atoms with E-state index in [1.54, 1.807) is 4.90 Å². The highest BCUT2D eigenvalue weighted by Crippen LogP contribution is 2.34. The number of carboxylic acid groups (broad SMARTS) is 1. The average Bonchev–Trinajstić information content (AvgIpc) is 2.68. The van der Waals surface area contributed by atoms with Gasteiger partial charge in [0.15, 0.2) is 0 Å². The fourth-order valence-corrected chi connectivity index (χ4v) is 3.98. The molecule has 1 aromatic carbocycles. The Morgan fingerprint density at radius 2 is 1.73 bits per heavy atom. The van der Waals surface area contributed by atoms with Gasteiger partial charge in [0.2, 0.25) is 0 Å². The quantitative estimate of drug-likeness (QED) is 0.892. The van der Waals surface area contributed by atoms with Crippen LogP contribution in [0.4, 0.5) is 5.69 Å². The van der Waals surface area contributed by atoms with Gasteiger partial charge in [-0.15, -0.1) is 0 Å². The molecular weight excluding hydrogens is 330 g/mol. The molecule has 2 aliphatic rings. The maximum atomic E-state index is 12.9. The summed E-state index contributed by atoms with van der Waals surface area (Å²) in [6, 6.07) is 7.76. The minimum atomic E-state index is -0.798. The smallest absolute Gasteiger partial charge is 0.311 e. The number of hydrogen-bond acceptors (Lipinski definition) is 4. The van der Waals surface area contributed by atoms with Gasteiger partial charge in [0, 0.05) is 50.5 Å². The lowest BCUT2D eigenvalue weighted by molar-refractivity contribution is -0.152. The summed E-state index contributed by atoms with van der Waals surface area (Å²) >= 11 is 0. The summed E-state index contributed by atoms with van der Waals surface area (Å²) in [6.07, 6.45) is 1.94. The van der Waals surface area contributed by atoms with Gasteiger partial charge in [-0.1, -0.05) is 6.92 Å². The Labute approximate surface area is 155 Å². The average molecular weight is 359 g/mol. The number of likely N-dealkylation sites (tertiary alicyclic amines) is 1. The molecule has 1 aromatic rings. The van der Waals surface area contributed by atoms with Crippen LogP contribution in [-0.2, 0) is 4.79 Å². The highest BCUT2D eigenvalue weighted by molar-refractivity contribution is 5.95. The fourth-order valence-electron chi connectivity index (χ4n) is 3.98. The summed E-state index contributed by atoms with van der Waals surface area (Å²) in [5, 5.41) is 9.61. The third-order valence-corrected chi connectivity index (χ3v) is 5.98. The first-order valence-electron chi connectivity index (χ1n) is 9.51. The normalized spacial score (nSPS) is 24.5. The lowest BCUT2D eigenvalue weighted by Crippen LogP contribution is -2.49. The van der Waals surface area contributed by atoms with Crippen molar-refractivity contribution in [3.63, 3.8) is 0 Å². The summed E-state index contributed by atoms with van der Waals surface area (Å²) < 4.78 is 0. The predicted octanol–water partition coefficient (Wildman–Crippen LogP) is 2.16. The number of carbonyl (C=O) groups excluding carboxylic acids is 1. The number of aliphatic carboxylic acids is 1. The van der Waals surface area contributed by atoms with Gasteiger partial charge in [-0.2, -0.15) is 0 Å². The van der Waals surface area contributed by atoms with Crippen molar-refractivity contribution in [2.24, 2.45) is 5.41 Å². The molecule has 0 radical (unpaired) electrons. The maximum absolute atomic E-state index is 12.9. The number of piperazine rings is 1. The van der Waals surface area contributed by atoms with E-state index >= 15 is 0 Å². The lowest BCUT2D eigenvalue weighted by Gasteiger charge is -2.39. The Kier molecular flexibility index (Phi) is 5.51. The third-order valence-electron chi connectivity index (χ3n) is 5.98. The van der Waals surface area contributed by atoms with E-state index in [4.69, 9.17) is 0 Å². The first-order valence-corrected chi connectivity index (χ1v) is 9.51. The molecule has 2 saturated heterocycles. The number of benzene rings is 1. The summed E-state index contributed by atoms with van der Waals surface area (Å²) in [6.45, 7) is 6.91. The number of piperidine rings is 1. The molecule has 142 valence electrons. The van der Waals surface area contributed by atoms with Gasteiger partial charge in [-0.25, -0.2) is 0 Å². The monoisotopic (exact) mass is 359 g/mol. The van der Waals surface area contributed by atoms with Crippen molar-refractivity contribution in [1.82, 2.24) is 9.80 Å². The standard InChI is InChI=1S/C20H29N3O3/c1-3-20(19(25)26)9-4-10-23(15-20)18(24)16-5-7-17(8-6-16)22-13-11-21(2)12-14-22/h5-8H,3-4,9-15H2,1-2H3,(H,25,26)/t20-/m1/s1. The fraction of sp³-hybridized carbons (Fsp3) is 0.600. The van der Waals surface area contributed by atoms with Crippen molar-refractivity contribution in [2.45, 2.75) is 26.2 Å². The minimum Gasteiger partial charge on any atom is -0.481 e. The van der Waals surface area contributed by atoms with Crippen molar-refractivity contribution in [3.05, 3.63) is 29.8 Å². The molecule has 0 unspecified atom stereocenters. The number of anilines is 1. The molecule has 6 heteroatoms. The zero-order chi connectivity index (χ0) is 18.7. The van der Waals surface area contributed by atoms with Crippen molar-refractivity contribution >= 4 is 17.6 Å². The van der Waals surface area contributed by atoms with Crippen molar-refractivity contribution in [3.8, 4) is 0 Å². The molecular formula is C20H29N3O3. The molecule has 3 rings (SSSR count). The number of carbonyl (C=O) groups is 2. The third kappa shape index (κ3) is 3.70. The van der Waals surface area contributed by atoms with E-state index in [1.165, 1.54) is 0 Å².